The lowest BCUT2D eigenvalue weighted by Gasteiger charge is -2.07. The van der Waals surface area contributed by atoms with Crippen LogP contribution in [0.25, 0.3) is 10.9 Å². The number of aliphatic hydroxyl groups is 1. The fourth-order valence-electron chi connectivity index (χ4n) is 2.14. The fourth-order valence-corrected chi connectivity index (χ4v) is 2.14. The maximum absolute atomic E-state index is 12.2. The Labute approximate surface area is 118 Å². The van der Waals surface area contributed by atoms with Gasteiger partial charge in [0.15, 0.2) is 0 Å². The zero-order chi connectivity index (χ0) is 14.4. The Kier molecular flexibility index (Phi) is 5.15. The summed E-state index contributed by atoms with van der Waals surface area (Å²) in [7, 11) is 1.96. The van der Waals surface area contributed by atoms with Crippen molar-refractivity contribution in [1.82, 2.24) is 9.88 Å². The van der Waals surface area contributed by atoms with Gasteiger partial charge < -0.3 is 19.7 Å². The molecule has 0 radical (unpaired) electrons. The molecule has 0 spiro atoms. The van der Waals surface area contributed by atoms with Crippen LogP contribution in [0.4, 0.5) is 0 Å². The Bertz CT molecular complexity index is 578. The summed E-state index contributed by atoms with van der Waals surface area (Å²) in [5.74, 6) is -0.0658. The zero-order valence-electron chi connectivity index (χ0n) is 11.6. The van der Waals surface area contributed by atoms with Gasteiger partial charge >= 0.3 is 0 Å². The molecule has 0 aliphatic rings. The molecule has 1 heterocycles. The molecule has 0 atom stereocenters. The van der Waals surface area contributed by atoms with E-state index >= 15 is 0 Å². The Morgan fingerprint density at radius 1 is 1.35 bits per heavy atom. The van der Waals surface area contributed by atoms with Crippen LogP contribution < -0.4 is 5.32 Å². The lowest BCUT2D eigenvalue weighted by molar-refractivity contribution is 0.0868. The number of nitrogens with one attached hydrogen (secondary N) is 1. The van der Waals surface area contributed by atoms with Crippen LogP contribution in [0, 0.1) is 0 Å². The van der Waals surface area contributed by atoms with Crippen molar-refractivity contribution in [2.24, 2.45) is 7.05 Å². The van der Waals surface area contributed by atoms with E-state index in [1.165, 1.54) is 0 Å². The average Bonchev–Trinajstić information content (AvgIpc) is 2.84. The van der Waals surface area contributed by atoms with Crippen LogP contribution in [0.2, 0.25) is 0 Å². The van der Waals surface area contributed by atoms with Crippen molar-refractivity contribution in [3.8, 4) is 0 Å². The molecule has 0 bridgehead atoms. The number of carbonyl (C=O) groups excluding carboxylic acids is 1. The summed E-state index contributed by atoms with van der Waals surface area (Å²) in [5.41, 5.74) is 1.74. The Balaban J connectivity index is 1.91. The fraction of sp³-hybridized carbons (Fsp3) is 0.400. The van der Waals surface area contributed by atoms with Crippen molar-refractivity contribution < 1.29 is 14.6 Å². The van der Waals surface area contributed by atoms with Crippen molar-refractivity contribution in [2.75, 3.05) is 26.4 Å². The number of benzene rings is 1. The normalized spacial score (nSPS) is 10.9. The molecule has 0 fully saturated rings. The Morgan fingerprint density at radius 3 is 3.00 bits per heavy atom. The molecule has 2 N–H and O–H groups in total. The lowest BCUT2D eigenvalue weighted by atomic mass is 10.1. The molecule has 5 heteroatoms. The van der Waals surface area contributed by atoms with Gasteiger partial charge in [0.2, 0.25) is 0 Å². The number of amides is 1. The van der Waals surface area contributed by atoms with E-state index in [0.717, 1.165) is 17.3 Å². The van der Waals surface area contributed by atoms with E-state index in [0.29, 0.717) is 25.3 Å². The molecule has 1 aromatic carbocycles. The summed E-state index contributed by atoms with van der Waals surface area (Å²) in [6.07, 6.45) is 2.68. The molecule has 2 aromatic rings. The van der Waals surface area contributed by atoms with Gasteiger partial charge in [-0.05, 0) is 24.6 Å². The molecule has 0 unspecified atom stereocenters. The predicted octanol–water partition coefficient (Wildman–Crippen LogP) is 1.31. The molecule has 2 rings (SSSR count). The molecule has 108 valence electrons. The van der Waals surface area contributed by atoms with Crippen LogP contribution in [-0.4, -0.2) is 41.9 Å². The summed E-state index contributed by atoms with van der Waals surface area (Å²) in [4.78, 5) is 12.2. The van der Waals surface area contributed by atoms with E-state index in [2.05, 4.69) is 5.32 Å². The molecule has 0 saturated heterocycles. The second kappa shape index (κ2) is 7.07. The van der Waals surface area contributed by atoms with Gasteiger partial charge in [0, 0.05) is 42.9 Å². The third-order valence-electron chi connectivity index (χ3n) is 3.16. The van der Waals surface area contributed by atoms with E-state index in [1.54, 1.807) is 0 Å². The van der Waals surface area contributed by atoms with Crippen LogP contribution in [0.1, 0.15) is 16.8 Å². The summed E-state index contributed by atoms with van der Waals surface area (Å²) in [6.45, 7) is 1.48. The van der Waals surface area contributed by atoms with Crippen molar-refractivity contribution in [1.29, 1.82) is 0 Å². The lowest BCUT2D eigenvalue weighted by Crippen LogP contribution is -2.25. The molecule has 0 saturated carbocycles. The van der Waals surface area contributed by atoms with E-state index in [4.69, 9.17) is 9.84 Å². The van der Waals surface area contributed by atoms with E-state index in [9.17, 15) is 4.79 Å². The minimum Gasteiger partial charge on any atom is -0.394 e. The van der Waals surface area contributed by atoms with Gasteiger partial charge in [-0.1, -0.05) is 6.07 Å². The number of ether oxygens (including phenoxy) is 1. The molecule has 20 heavy (non-hydrogen) atoms. The first-order chi connectivity index (χ1) is 9.74. The molecular formula is C15H20N2O3. The molecule has 0 aliphatic carbocycles. The highest BCUT2D eigenvalue weighted by Gasteiger charge is 2.10. The van der Waals surface area contributed by atoms with Crippen LogP contribution in [0.15, 0.2) is 30.5 Å². The quantitative estimate of drug-likeness (QED) is 0.749. The Hall–Kier alpha value is -1.85. The first kappa shape index (κ1) is 14.6. The molecule has 5 nitrogen and oxygen atoms in total. The molecule has 1 amide bonds. The number of rotatable bonds is 7. The van der Waals surface area contributed by atoms with Crippen LogP contribution in [0.3, 0.4) is 0 Å². The highest BCUT2D eigenvalue weighted by Crippen LogP contribution is 2.19. The second-order valence-corrected chi connectivity index (χ2v) is 4.61. The van der Waals surface area contributed by atoms with Gasteiger partial charge in [0.05, 0.1) is 13.2 Å². The number of aliphatic hydroxyl groups excluding tert-OH is 1. The summed E-state index contributed by atoms with van der Waals surface area (Å²) >= 11 is 0. The van der Waals surface area contributed by atoms with Gasteiger partial charge in [0.1, 0.15) is 0 Å². The number of hydrogen-bond donors (Lipinski definition) is 2. The van der Waals surface area contributed by atoms with Gasteiger partial charge in [-0.2, -0.15) is 0 Å². The minimum atomic E-state index is -0.0658. The zero-order valence-corrected chi connectivity index (χ0v) is 11.6. The third kappa shape index (κ3) is 3.37. The smallest absolute Gasteiger partial charge is 0.251 e. The Morgan fingerprint density at radius 2 is 2.20 bits per heavy atom. The SMILES string of the molecule is Cn1ccc2c(C(=O)NCCCOCCO)cccc21. The van der Waals surface area contributed by atoms with Gasteiger partial charge in [-0.3, -0.25) is 4.79 Å². The summed E-state index contributed by atoms with van der Waals surface area (Å²) in [5, 5.41) is 12.4. The van der Waals surface area contributed by atoms with Crippen LogP contribution in [0.5, 0.6) is 0 Å². The number of aromatic nitrogens is 1. The van der Waals surface area contributed by atoms with Crippen molar-refractivity contribution in [3.63, 3.8) is 0 Å². The van der Waals surface area contributed by atoms with Crippen molar-refractivity contribution >= 4 is 16.8 Å². The van der Waals surface area contributed by atoms with E-state index in [-0.39, 0.29) is 12.5 Å². The highest BCUT2D eigenvalue weighted by molar-refractivity contribution is 6.06. The number of fused-ring (bicyclic) bond motifs is 1. The van der Waals surface area contributed by atoms with Gasteiger partial charge in [0.25, 0.3) is 5.91 Å². The van der Waals surface area contributed by atoms with E-state index in [1.807, 2.05) is 42.1 Å². The minimum absolute atomic E-state index is 0.0301. The van der Waals surface area contributed by atoms with Crippen molar-refractivity contribution in [2.45, 2.75) is 6.42 Å². The van der Waals surface area contributed by atoms with Crippen LogP contribution in [-0.2, 0) is 11.8 Å². The third-order valence-corrected chi connectivity index (χ3v) is 3.16. The summed E-state index contributed by atoms with van der Waals surface area (Å²) in [6, 6.07) is 7.67. The van der Waals surface area contributed by atoms with E-state index < -0.39 is 0 Å². The maximum atomic E-state index is 12.2. The number of carbonyl (C=O) groups is 1. The molecule has 0 aliphatic heterocycles. The first-order valence-corrected chi connectivity index (χ1v) is 6.75. The highest BCUT2D eigenvalue weighted by atomic mass is 16.5. The summed E-state index contributed by atoms with van der Waals surface area (Å²) < 4.78 is 7.13. The van der Waals surface area contributed by atoms with Crippen LogP contribution >= 0.6 is 0 Å². The number of nitrogens with zero attached hydrogens (tertiary/aromatic N) is 1. The standard InChI is InChI=1S/C15H20N2O3/c1-17-8-6-12-13(4-2-5-14(12)17)15(19)16-7-3-10-20-11-9-18/h2,4-6,8,18H,3,7,9-11H2,1H3,(H,16,19). The van der Waals surface area contributed by atoms with Gasteiger partial charge in [-0.15, -0.1) is 0 Å². The topological polar surface area (TPSA) is 63.5 Å². The monoisotopic (exact) mass is 276 g/mol. The molecule has 1 aromatic heterocycles. The number of hydrogen-bond acceptors (Lipinski definition) is 3. The maximum Gasteiger partial charge on any atom is 0.251 e. The molecular weight excluding hydrogens is 256 g/mol. The first-order valence-electron chi connectivity index (χ1n) is 6.75. The largest absolute Gasteiger partial charge is 0.394 e. The van der Waals surface area contributed by atoms with Gasteiger partial charge in [-0.25, -0.2) is 0 Å². The predicted molar refractivity (Wildman–Crippen MR) is 77.8 cm³/mol. The number of aryl methyl sites for hydroxylation is 1. The van der Waals surface area contributed by atoms with Crippen molar-refractivity contribution in [3.05, 3.63) is 36.0 Å². The second-order valence-electron chi connectivity index (χ2n) is 4.61. The average molecular weight is 276 g/mol.